The van der Waals surface area contributed by atoms with E-state index in [-0.39, 0.29) is 11.5 Å². The Hall–Kier alpha value is -1.69. The van der Waals surface area contributed by atoms with Crippen molar-refractivity contribution in [3.8, 4) is 0 Å². The number of hydrogen-bond donors (Lipinski definition) is 0. The highest BCUT2D eigenvalue weighted by molar-refractivity contribution is 7.18. The molecule has 1 aliphatic heterocycles. The first-order chi connectivity index (χ1) is 10.3. The van der Waals surface area contributed by atoms with Crippen LogP contribution < -0.4 is 5.56 Å². The van der Waals surface area contributed by atoms with Crippen molar-refractivity contribution >= 4 is 27.5 Å². The number of nitrogens with zero attached hydrogens (tertiary/aromatic N) is 2. The second kappa shape index (κ2) is 4.94. The first-order valence-corrected chi connectivity index (χ1v) is 8.25. The van der Waals surface area contributed by atoms with E-state index in [0.717, 1.165) is 29.5 Å². The Balaban J connectivity index is 1.92. The molecule has 1 aliphatic carbocycles. The summed E-state index contributed by atoms with van der Waals surface area (Å²) >= 11 is 1.64. The van der Waals surface area contributed by atoms with E-state index in [0.29, 0.717) is 13.0 Å². The van der Waals surface area contributed by atoms with E-state index in [4.69, 9.17) is 4.74 Å². The van der Waals surface area contributed by atoms with Gasteiger partial charge < -0.3 is 4.74 Å². The topological polar surface area (TPSA) is 61.2 Å². The maximum Gasteiger partial charge on any atom is 0.329 e. The monoisotopic (exact) mass is 304 g/mol. The maximum atomic E-state index is 12.8. The summed E-state index contributed by atoms with van der Waals surface area (Å²) in [4.78, 5) is 31.1. The van der Waals surface area contributed by atoms with E-state index < -0.39 is 6.04 Å². The number of hydrogen-bond acceptors (Lipinski definition) is 5. The molecule has 0 amide bonds. The van der Waals surface area contributed by atoms with Crippen LogP contribution in [0, 0.1) is 0 Å². The molecule has 1 atom stereocenters. The van der Waals surface area contributed by atoms with Crippen molar-refractivity contribution < 1.29 is 9.53 Å². The predicted octanol–water partition coefficient (Wildman–Crippen LogP) is 2.21. The van der Waals surface area contributed by atoms with Gasteiger partial charge in [-0.15, -0.1) is 11.3 Å². The van der Waals surface area contributed by atoms with Gasteiger partial charge >= 0.3 is 5.97 Å². The maximum absolute atomic E-state index is 12.8. The molecule has 2 aromatic rings. The Bertz CT molecular complexity index is 777. The van der Waals surface area contributed by atoms with E-state index in [9.17, 15) is 9.59 Å². The van der Waals surface area contributed by atoms with Crippen LogP contribution in [-0.4, -0.2) is 22.1 Å². The first-order valence-electron chi connectivity index (χ1n) is 7.44. The van der Waals surface area contributed by atoms with E-state index in [1.807, 2.05) is 0 Å². The van der Waals surface area contributed by atoms with Gasteiger partial charge in [0.1, 0.15) is 10.9 Å². The second-order valence-corrected chi connectivity index (χ2v) is 6.76. The van der Waals surface area contributed by atoms with Gasteiger partial charge in [0.05, 0.1) is 18.3 Å². The van der Waals surface area contributed by atoms with Gasteiger partial charge in [-0.25, -0.2) is 9.78 Å². The molecule has 1 fully saturated rings. The van der Waals surface area contributed by atoms with Crippen LogP contribution in [0.1, 0.15) is 42.2 Å². The molecular formula is C15H16N2O3S. The molecule has 0 unspecified atom stereocenters. The summed E-state index contributed by atoms with van der Waals surface area (Å²) in [6.45, 7) is 0.385. The van der Waals surface area contributed by atoms with E-state index in [1.165, 1.54) is 34.2 Å². The number of carbonyl (C=O) groups is 1. The first kappa shape index (κ1) is 13.0. The summed E-state index contributed by atoms with van der Waals surface area (Å²) in [7, 11) is 0. The molecule has 0 N–H and O–H groups in total. The van der Waals surface area contributed by atoms with Crippen LogP contribution in [0.3, 0.4) is 0 Å². The molecular weight excluding hydrogens is 288 g/mol. The number of esters is 1. The molecule has 2 aromatic heterocycles. The van der Waals surface area contributed by atoms with Gasteiger partial charge in [-0.1, -0.05) is 6.42 Å². The lowest BCUT2D eigenvalue weighted by atomic mass is 10.1. The summed E-state index contributed by atoms with van der Waals surface area (Å²) in [5.74, 6) is -0.320. The number of thiophene rings is 1. The Kier molecular flexibility index (Phi) is 3.06. The molecule has 6 heteroatoms. The molecule has 110 valence electrons. The highest BCUT2D eigenvalue weighted by Gasteiger charge is 2.30. The Labute approximate surface area is 125 Å². The van der Waals surface area contributed by atoms with Crippen molar-refractivity contribution in [2.45, 2.75) is 44.6 Å². The molecule has 0 spiro atoms. The third kappa shape index (κ3) is 2.00. The number of fused-ring (bicyclic) bond motifs is 3. The largest absolute Gasteiger partial charge is 0.464 e. The number of ether oxygens (including phenoxy) is 1. The minimum Gasteiger partial charge on any atom is -0.464 e. The van der Waals surface area contributed by atoms with Crippen molar-refractivity contribution in [1.29, 1.82) is 0 Å². The fourth-order valence-electron chi connectivity index (χ4n) is 3.30. The average Bonchev–Trinajstić information content (AvgIpc) is 2.97. The molecule has 1 saturated heterocycles. The van der Waals surface area contributed by atoms with Crippen LogP contribution in [0.4, 0.5) is 0 Å². The normalized spacial score (nSPS) is 22.1. The lowest BCUT2D eigenvalue weighted by Crippen LogP contribution is -2.27. The fourth-order valence-corrected chi connectivity index (χ4v) is 4.52. The van der Waals surface area contributed by atoms with Gasteiger partial charge in [-0.05, 0) is 31.2 Å². The summed E-state index contributed by atoms with van der Waals surface area (Å²) in [5, 5.41) is 0.735. The van der Waals surface area contributed by atoms with Crippen molar-refractivity contribution in [3.05, 3.63) is 27.1 Å². The lowest BCUT2D eigenvalue weighted by molar-refractivity contribution is -0.140. The quantitative estimate of drug-likeness (QED) is 0.598. The third-order valence-electron chi connectivity index (χ3n) is 4.39. The number of aromatic nitrogens is 2. The standard InChI is InChI=1S/C15H16N2O3S/c18-14-12-9-4-2-1-3-5-11(9)21-13(12)16-8-17(14)10-6-7-20-15(10)19/h8,10H,1-7H2/t10-/m1/s1. The zero-order valence-electron chi connectivity index (χ0n) is 11.6. The van der Waals surface area contributed by atoms with Gasteiger partial charge in [0.2, 0.25) is 0 Å². The predicted molar refractivity (Wildman–Crippen MR) is 79.8 cm³/mol. The average molecular weight is 304 g/mol. The van der Waals surface area contributed by atoms with E-state index in [1.54, 1.807) is 11.3 Å². The second-order valence-electron chi connectivity index (χ2n) is 5.67. The number of carbonyl (C=O) groups excluding carboxylic acids is 1. The Morgan fingerprint density at radius 3 is 2.90 bits per heavy atom. The zero-order chi connectivity index (χ0) is 14.4. The lowest BCUT2D eigenvalue weighted by Gasteiger charge is -2.09. The van der Waals surface area contributed by atoms with Gasteiger partial charge in [0.25, 0.3) is 5.56 Å². The highest BCUT2D eigenvalue weighted by atomic mass is 32.1. The number of aryl methyl sites for hydroxylation is 2. The third-order valence-corrected chi connectivity index (χ3v) is 5.59. The van der Waals surface area contributed by atoms with Crippen LogP contribution in [0.5, 0.6) is 0 Å². The summed E-state index contributed by atoms with van der Waals surface area (Å²) in [6.07, 6.45) is 7.58. The molecule has 2 aliphatic rings. The summed E-state index contributed by atoms with van der Waals surface area (Å²) < 4.78 is 6.45. The van der Waals surface area contributed by atoms with Gasteiger partial charge in [-0.3, -0.25) is 9.36 Å². The highest BCUT2D eigenvalue weighted by Crippen LogP contribution is 2.33. The van der Waals surface area contributed by atoms with Crippen molar-refractivity contribution in [1.82, 2.24) is 9.55 Å². The minimum atomic E-state index is -0.504. The molecule has 0 saturated carbocycles. The molecule has 0 bridgehead atoms. The smallest absolute Gasteiger partial charge is 0.329 e. The van der Waals surface area contributed by atoms with Crippen LogP contribution in [0.25, 0.3) is 10.2 Å². The van der Waals surface area contributed by atoms with Crippen molar-refractivity contribution in [3.63, 3.8) is 0 Å². The SMILES string of the molecule is O=C1OCC[C@H]1n1cnc2sc3c(c2c1=O)CCCCC3. The summed E-state index contributed by atoms with van der Waals surface area (Å²) in [6, 6.07) is -0.504. The van der Waals surface area contributed by atoms with Crippen LogP contribution >= 0.6 is 11.3 Å². The zero-order valence-corrected chi connectivity index (χ0v) is 12.4. The molecule has 21 heavy (non-hydrogen) atoms. The molecule has 0 aromatic carbocycles. The van der Waals surface area contributed by atoms with Gasteiger partial charge in [0, 0.05) is 11.3 Å². The van der Waals surface area contributed by atoms with Crippen LogP contribution in [0.15, 0.2) is 11.1 Å². The molecule has 0 radical (unpaired) electrons. The van der Waals surface area contributed by atoms with Gasteiger partial charge in [0.15, 0.2) is 0 Å². The van der Waals surface area contributed by atoms with E-state index in [2.05, 4.69) is 4.98 Å². The number of cyclic esters (lactones) is 1. The van der Waals surface area contributed by atoms with Gasteiger partial charge in [-0.2, -0.15) is 0 Å². The van der Waals surface area contributed by atoms with E-state index >= 15 is 0 Å². The van der Waals surface area contributed by atoms with Crippen molar-refractivity contribution in [2.24, 2.45) is 0 Å². The summed E-state index contributed by atoms with van der Waals surface area (Å²) in [5.41, 5.74) is 1.09. The number of rotatable bonds is 1. The van der Waals surface area contributed by atoms with Crippen LogP contribution in [-0.2, 0) is 22.4 Å². The van der Waals surface area contributed by atoms with Crippen LogP contribution in [0.2, 0.25) is 0 Å². The van der Waals surface area contributed by atoms with Crippen molar-refractivity contribution in [2.75, 3.05) is 6.61 Å². The Morgan fingerprint density at radius 1 is 1.24 bits per heavy atom. The molecule has 4 rings (SSSR count). The molecule has 5 nitrogen and oxygen atoms in total. The Morgan fingerprint density at radius 2 is 2.10 bits per heavy atom. The fraction of sp³-hybridized carbons (Fsp3) is 0.533. The minimum absolute atomic E-state index is 0.0803. The molecule has 3 heterocycles.